The second-order valence-electron chi connectivity index (χ2n) is 6.32. The van der Waals surface area contributed by atoms with Crippen molar-refractivity contribution in [3.05, 3.63) is 76.1 Å². The van der Waals surface area contributed by atoms with Crippen molar-refractivity contribution in [3.63, 3.8) is 0 Å². The van der Waals surface area contributed by atoms with Gasteiger partial charge in [-0.15, -0.1) is 10.2 Å². The molecule has 0 bridgehead atoms. The minimum Gasteiger partial charge on any atom is -0.356 e. The van der Waals surface area contributed by atoms with E-state index in [9.17, 15) is 19.7 Å². The van der Waals surface area contributed by atoms with Crippen LogP contribution >= 0.6 is 11.8 Å². The van der Waals surface area contributed by atoms with Gasteiger partial charge in [0.1, 0.15) is 5.82 Å². The molecule has 154 valence electrons. The van der Waals surface area contributed by atoms with Gasteiger partial charge in [-0.1, -0.05) is 30.0 Å². The van der Waals surface area contributed by atoms with Crippen LogP contribution in [0.15, 0.2) is 59.8 Å². The summed E-state index contributed by atoms with van der Waals surface area (Å²) < 4.78 is 1.86. The monoisotopic (exact) mass is 425 g/mol. The van der Waals surface area contributed by atoms with Crippen molar-refractivity contribution in [2.45, 2.75) is 18.5 Å². The Labute approximate surface area is 176 Å². The Morgan fingerprint density at radius 3 is 2.43 bits per heavy atom. The summed E-state index contributed by atoms with van der Waals surface area (Å²) in [6, 6.07) is 15.0. The Kier molecular flexibility index (Phi) is 6.91. The molecule has 2 aromatic carbocycles. The average molecular weight is 425 g/mol. The second-order valence-corrected chi connectivity index (χ2v) is 7.26. The molecule has 0 radical (unpaired) electrons. The first kappa shape index (κ1) is 21.2. The van der Waals surface area contributed by atoms with Crippen LogP contribution < -0.4 is 5.32 Å². The van der Waals surface area contributed by atoms with E-state index in [0.717, 1.165) is 5.69 Å². The number of nitro benzene ring substituents is 1. The van der Waals surface area contributed by atoms with E-state index in [4.69, 9.17) is 0 Å². The highest BCUT2D eigenvalue weighted by atomic mass is 32.2. The van der Waals surface area contributed by atoms with Gasteiger partial charge in [0.2, 0.25) is 5.91 Å². The molecular formula is C20H19N5O4S. The molecule has 10 heteroatoms. The van der Waals surface area contributed by atoms with Gasteiger partial charge in [-0.25, -0.2) is 0 Å². The number of nitrogens with zero attached hydrogens (tertiary/aromatic N) is 4. The van der Waals surface area contributed by atoms with Gasteiger partial charge in [-0.05, 0) is 24.3 Å². The summed E-state index contributed by atoms with van der Waals surface area (Å²) in [5, 5.41) is 22.5. The van der Waals surface area contributed by atoms with E-state index in [2.05, 4.69) is 15.5 Å². The number of carbonyl (C=O) groups is 2. The molecule has 0 atom stereocenters. The van der Waals surface area contributed by atoms with Crippen molar-refractivity contribution in [3.8, 4) is 5.69 Å². The summed E-state index contributed by atoms with van der Waals surface area (Å²) in [6.07, 6.45) is 0.484. The van der Waals surface area contributed by atoms with E-state index in [0.29, 0.717) is 29.5 Å². The molecule has 30 heavy (non-hydrogen) atoms. The van der Waals surface area contributed by atoms with Gasteiger partial charge < -0.3 is 5.32 Å². The third kappa shape index (κ3) is 5.29. The van der Waals surface area contributed by atoms with Crippen LogP contribution in [-0.4, -0.2) is 43.7 Å². The van der Waals surface area contributed by atoms with E-state index >= 15 is 0 Å². The summed E-state index contributed by atoms with van der Waals surface area (Å²) >= 11 is 1.23. The van der Waals surface area contributed by atoms with Gasteiger partial charge in [0.25, 0.3) is 5.69 Å². The van der Waals surface area contributed by atoms with Crippen LogP contribution in [0.5, 0.6) is 0 Å². The minimum atomic E-state index is -0.506. The Bertz CT molecular complexity index is 1050. The van der Waals surface area contributed by atoms with Crippen molar-refractivity contribution < 1.29 is 14.5 Å². The summed E-state index contributed by atoms with van der Waals surface area (Å²) in [5.74, 6) is 0.482. The molecular weight excluding hydrogens is 406 g/mol. The molecule has 0 aliphatic rings. The third-order valence-corrected chi connectivity index (χ3v) is 5.10. The van der Waals surface area contributed by atoms with Gasteiger partial charge in [-0.3, -0.25) is 24.3 Å². The number of Topliss-reactive ketones (excluding diaryl/α,β-unsaturated/α-hetero) is 1. The third-order valence-electron chi connectivity index (χ3n) is 4.17. The molecule has 1 aromatic heterocycles. The van der Waals surface area contributed by atoms with Crippen LogP contribution in [0.25, 0.3) is 5.69 Å². The molecule has 0 aliphatic carbocycles. The standard InChI is InChI=1S/C20H19N5O4S/c1-14(26)21-12-11-19-22-23-20(24(19)16-5-3-2-4-6-16)30-13-18(27)15-7-9-17(10-8-15)25(28)29/h2-10H,11-13H2,1H3,(H,21,26). The van der Waals surface area contributed by atoms with Crippen LogP contribution in [0.2, 0.25) is 0 Å². The average Bonchev–Trinajstić information content (AvgIpc) is 3.15. The summed E-state index contributed by atoms with van der Waals surface area (Å²) in [7, 11) is 0. The highest BCUT2D eigenvalue weighted by Crippen LogP contribution is 2.23. The number of thioether (sulfide) groups is 1. The lowest BCUT2D eigenvalue weighted by Crippen LogP contribution is -2.23. The molecule has 3 aromatic rings. The van der Waals surface area contributed by atoms with Crippen LogP contribution in [0.4, 0.5) is 5.69 Å². The number of aromatic nitrogens is 3. The number of non-ortho nitro benzene ring substituents is 1. The molecule has 1 amide bonds. The topological polar surface area (TPSA) is 120 Å². The van der Waals surface area contributed by atoms with Crippen molar-refractivity contribution in [2.75, 3.05) is 12.3 Å². The number of hydrogen-bond donors (Lipinski definition) is 1. The fourth-order valence-corrected chi connectivity index (χ4v) is 3.59. The predicted molar refractivity (Wildman–Crippen MR) is 112 cm³/mol. The fourth-order valence-electron chi connectivity index (χ4n) is 2.72. The normalized spacial score (nSPS) is 10.6. The van der Waals surface area contributed by atoms with E-state index < -0.39 is 4.92 Å². The summed E-state index contributed by atoms with van der Waals surface area (Å²) in [6.45, 7) is 1.87. The number of carbonyl (C=O) groups excluding carboxylic acids is 2. The number of para-hydroxylation sites is 1. The molecule has 0 fully saturated rings. The molecule has 1 heterocycles. The quantitative estimate of drug-likeness (QED) is 0.242. The lowest BCUT2D eigenvalue weighted by atomic mass is 10.1. The highest BCUT2D eigenvalue weighted by Gasteiger charge is 2.17. The number of nitrogens with one attached hydrogen (secondary N) is 1. The zero-order valence-electron chi connectivity index (χ0n) is 16.1. The maximum Gasteiger partial charge on any atom is 0.269 e. The van der Waals surface area contributed by atoms with Crippen molar-refractivity contribution >= 4 is 29.1 Å². The largest absolute Gasteiger partial charge is 0.356 e. The Hall–Kier alpha value is -3.53. The first-order valence-electron chi connectivity index (χ1n) is 9.10. The summed E-state index contributed by atoms with van der Waals surface area (Å²) in [5.41, 5.74) is 1.18. The van der Waals surface area contributed by atoms with Crippen LogP contribution in [0.1, 0.15) is 23.1 Å². The van der Waals surface area contributed by atoms with Gasteiger partial charge in [0.15, 0.2) is 10.9 Å². The molecule has 0 saturated carbocycles. The number of amides is 1. The molecule has 0 aliphatic heterocycles. The Balaban J connectivity index is 1.76. The SMILES string of the molecule is CC(=O)NCCc1nnc(SCC(=O)c2ccc([N+](=O)[O-])cc2)n1-c1ccccc1. The molecule has 0 spiro atoms. The smallest absolute Gasteiger partial charge is 0.269 e. The maximum atomic E-state index is 12.5. The lowest BCUT2D eigenvalue weighted by Gasteiger charge is -2.10. The molecule has 9 nitrogen and oxygen atoms in total. The number of nitro groups is 1. The van der Waals surface area contributed by atoms with Gasteiger partial charge >= 0.3 is 0 Å². The molecule has 3 rings (SSSR count). The zero-order valence-corrected chi connectivity index (χ0v) is 17.0. The van der Waals surface area contributed by atoms with Crippen LogP contribution in [0.3, 0.4) is 0 Å². The number of ketones is 1. The van der Waals surface area contributed by atoms with Crippen molar-refractivity contribution in [1.82, 2.24) is 20.1 Å². The van der Waals surface area contributed by atoms with Gasteiger partial charge in [-0.2, -0.15) is 0 Å². The Morgan fingerprint density at radius 2 is 1.80 bits per heavy atom. The molecule has 1 N–H and O–H groups in total. The molecule has 0 unspecified atom stereocenters. The van der Waals surface area contributed by atoms with E-state index in [1.807, 2.05) is 34.9 Å². The van der Waals surface area contributed by atoms with Gasteiger partial charge in [0.05, 0.1) is 10.7 Å². The maximum absolute atomic E-state index is 12.5. The first-order valence-corrected chi connectivity index (χ1v) is 10.1. The van der Waals surface area contributed by atoms with Crippen LogP contribution in [0, 0.1) is 10.1 Å². The van der Waals surface area contributed by atoms with Gasteiger partial charge in [0, 0.05) is 43.3 Å². The lowest BCUT2D eigenvalue weighted by molar-refractivity contribution is -0.384. The zero-order chi connectivity index (χ0) is 21.5. The second kappa shape index (κ2) is 9.79. The Morgan fingerprint density at radius 1 is 1.10 bits per heavy atom. The highest BCUT2D eigenvalue weighted by molar-refractivity contribution is 7.99. The van der Waals surface area contributed by atoms with E-state index in [1.54, 1.807) is 0 Å². The first-order chi connectivity index (χ1) is 14.5. The predicted octanol–water partition coefficient (Wildman–Crippen LogP) is 2.83. The number of hydrogen-bond acceptors (Lipinski definition) is 7. The summed E-state index contributed by atoms with van der Waals surface area (Å²) in [4.78, 5) is 33.9. The number of benzene rings is 2. The van der Waals surface area contributed by atoms with Crippen LogP contribution in [-0.2, 0) is 11.2 Å². The van der Waals surface area contributed by atoms with E-state index in [-0.39, 0.29) is 23.1 Å². The van der Waals surface area contributed by atoms with E-state index in [1.165, 1.54) is 43.0 Å². The minimum absolute atomic E-state index is 0.0631. The van der Waals surface area contributed by atoms with Crippen molar-refractivity contribution in [2.24, 2.45) is 0 Å². The van der Waals surface area contributed by atoms with Crippen molar-refractivity contribution in [1.29, 1.82) is 0 Å². The fraction of sp³-hybridized carbons (Fsp3) is 0.200. The number of rotatable bonds is 9. The molecule has 0 saturated heterocycles.